The van der Waals surface area contributed by atoms with Crippen molar-refractivity contribution in [3.63, 3.8) is 0 Å². The summed E-state index contributed by atoms with van der Waals surface area (Å²) in [7, 11) is -1.27. The molecule has 1 aromatic heterocycles. The summed E-state index contributed by atoms with van der Waals surface area (Å²) >= 11 is 0. The van der Waals surface area contributed by atoms with Crippen molar-refractivity contribution in [1.82, 2.24) is 4.98 Å². The average Bonchev–Trinajstić information content (AvgIpc) is 2.41. The first kappa shape index (κ1) is 12.3. The Balaban J connectivity index is 2.55. The number of hydrogen-bond donors (Lipinski definition) is 0. The summed E-state index contributed by atoms with van der Waals surface area (Å²) in [6, 6.07) is 14.8. The maximum atomic E-state index is 4.63. The molecule has 0 amide bonds. The highest BCUT2D eigenvalue weighted by Crippen LogP contribution is 2.21. The minimum Gasteiger partial charge on any atom is -0.256 e. The van der Waals surface area contributed by atoms with Gasteiger partial charge in [0, 0.05) is 11.6 Å². The van der Waals surface area contributed by atoms with Gasteiger partial charge in [-0.15, -0.1) is 0 Å². The van der Waals surface area contributed by atoms with Gasteiger partial charge in [-0.2, -0.15) is 0 Å². The van der Waals surface area contributed by atoms with E-state index in [0.717, 1.165) is 5.52 Å². The van der Waals surface area contributed by atoms with Crippen LogP contribution < -0.4 is 5.19 Å². The number of pyridine rings is 1. The van der Waals surface area contributed by atoms with E-state index in [1.165, 1.54) is 28.7 Å². The van der Waals surface area contributed by atoms with E-state index < -0.39 is 8.07 Å². The van der Waals surface area contributed by atoms with Crippen LogP contribution in [0.25, 0.3) is 10.9 Å². The molecule has 0 aliphatic heterocycles. The number of benzene rings is 1. The first-order valence-electron chi connectivity index (χ1n) is 6.61. The van der Waals surface area contributed by atoms with Gasteiger partial charge in [0.25, 0.3) is 0 Å². The average molecular weight is 243 g/mol. The minimum atomic E-state index is -1.27. The van der Waals surface area contributed by atoms with Crippen molar-refractivity contribution >= 4 is 24.2 Å². The fourth-order valence-electron chi connectivity index (χ4n) is 2.72. The Hall–Kier alpha value is -1.15. The lowest BCUT2D eigenvalue weighted by Gasteiger charge is -2.28. The molecule has 1 nitrogen and oxygen atoms in total. The van der Waals surface area contributed by atoms with Crippen molar-refractivity contribution in [3.8, 4) is 0 Å². The fraction of sp³-hybridized carbons (Fsp3) is 0.400. The monoisotopic (exact) mass is 243 g/mol. The van der Waals surface area contributed by atoms with E-state index in [2.05, 4.69) is 62.3 Å². The SMILES string of the molecule is CC[Si](CC)(CC)c1cnc2ccccc2c1. The molecule has 0 fully saturated rings. The molecule has 0 aliphatic carbocycles. The maximum absolute atomic E-state index is 4.63. The number of nitrogens with zero attached hydrogens (tertiary/aromatic N) is 1. The van der Waals surface area contributed by atoms with Crippen molar-refractivity contribution in [2.75, 3.05) is 0 Å². The summed E-state index contributed by atoms with van der Waals surface area (Å²) in [4.78, 5) is 4.63. The highest BCUT2D eigenvalue weighted by atomic mass is 28.3. The van der Waals surface area contributed by atoms with Crippen LogP contribution in [0.1, 0.15) is 20.8 Å². The van der Waals surface area contributed by atoms with Gasteiger partial charge in [-0.1, -0.05) is 63.2 Å². The maximum Gasteiger partial charge on any atom is 0.0879 e. The van der Waals surface area contributed by atoms with Crippen LogP contribution in [-0.2, 0) is 0 Å². The Bertz CT molecular complexity index is 495. The van der Waals surface area contributed by atoms with Crippen LogP contribution in [0.3, 0.4) is 0 Å². The molecule has 0 radical (unpaired) electrons. The van der Waals surface area contributed by atoms with E-state index in [4.69, 9.17) is 0 Å². The third-order valence-corrected chi connectivity index (χ3v) is 9.79. The minimum absolute atomic E-state index is 1.11. The van der Waals surface area contributed by atoms with Crippen molar-refractivity contribution in [2.45, 2.75) is 38.9 Å². The van der Waals surface area contributed by atoms with Gasteiger partial charge in [0.1, 0.15) is 0 Å². The number of rotatable bonds is 4. The number of fused-ring (bicyclic) bond motifs is 1. The zero-order chi connectivity index (χ0) is 12.3. The zero-order valence-corrected chi connectivity index (χ0v) is 12.0. The van der Waals surface area contributed by atoms with E-state index >= 15 is 0 Å². The highest BCUT2D eigenvalue weighted by molar-refractivity contribution is 6.91. The van der Waals surface area contributed by atoms with Crippen LogP contribution in [0.2, 0.25) is 18.1 Å². The molecule has 0 unspecified atom stereocenters. The summed E-state index contributed by atoms with van der Waals surface area (Å²) in [5.41, 5.74) is 1.11. The smallest absolute Gasteiger partial charge is 0.0879 e. The second-order valence-electron chi connectivity index (χ2n) is 4.76. The van der Waals surface area contributed by atoms with Crippen LogP contribution in [0, 0.1) is 0 Å². The van der Waals surface area contributed by atoms with E-state index in [1.54, 1.807) is 0 Å². The Morgan fingerprint density at radius 3 is 2.29 bits per heavy atom. The summed E-state index contributed by atoms with van der Waals surface area (Å²) < 4.78 is 0. The largest absolute Gasteiger partial charge is 0.256 e. The molecule has 0 spiro atoms. The molecule has 1 heterocycles. The molecule has 17 heavy (non-hydrogen) atoms. The van der Waals surface area contributed by atoms with Crippen LogP contribution >= 0.6 is 0 Å². The van der Waals surface area contributed by atoms with Crippen molar-refractivity contribution in [3.05, 3.63) is 36.5 Å². The van der Waals surface area contributed by atoms with Crippen molar-refractivity contribution in [2.24, 2.45) is 0 Å². The molecular formula is C15H21NSi. The summed E-state index contributed by atoms with van der Waals surface area (Å²) in [5.74, 6) is 0. The lowest BCUT2D eigenvalue weighted by Crippen LogP contribution is -2.45. The van der Waals surface area contributed by atoms with Gasteiger partial charge in [0.2, 0.25) is 0 Å². The Labute approximate surface area is 105 Å². The van der Waals surface area contributed by atoms with Crippen LogP contribution in [0.5, 0.6) is 0 Å². The summed E-state index contributed by atoms with van der Waals surface area (Å²) in [6.45, 7) is 7.03. The topological polar surface area (TPSA) is 12.9 Å². The van der Waals surface area contributed by atoms with Gasteiger partial charge in [-0.05, 0) is 11.3 Å². The Morgan fingerprint density at radius 2 is 1.65 bits per heavy atom. The molecule has 0 saturated heterocycles. The molecular weight excluding hydrogens is 222 g/mol. The van der Waals surface area contributed by atoms with Crippen LogP contribution in [0.15, 0.2) is 36.5 Å². The molecule has 0 aliphatic rings. The van der Waals surface area contributed by atoms with Gasteiger partial charge in [-0.3, -0.25) is 4.98 Å². The number of aromatic nitrogens is 1. The standard InChI is InChI=1S/C15H21NSi/c1-4-17(5-2,6-3)14-11-13-9-7-8-10-15(13)16-12-14/h7-12H,4-6H2,1-3H3. The third kappa shape index (κ3) is 2.14. The first-order valence-corrected chi connectivity index (χ1v) is 9.23. The van der Waals surface area contributed by atoms with Gasteiger partial charge in [0.05, 0.1) is 13.6 Å². The van der Waals surface area contributed by atoms with E-state index in [0.29, 0.717) is 0 Å². The summed E-state index contributed by atoms with van der Waals surface area (Å²) in [6.07, 6.45) is 2.13. The molecule has 2 rings (SSSR count). The van der Waals surface area contributed by atoms with Crippen molar-refractivity contribution in [1.29, 1.82) is 0 Å². The van der Waals surface area contributed by atoms with Crippen molar-refractivity contribution < 1.29 is 0 Å². The quantitative estimate of drug-likeness (QED) is 0.741. The molecule has 2 heteroatoms. The van der Waals surface area contributed by atoms with Crippen LogP contribution in [-0.4, -0.2) is 13.1 Å². The fourth-order valence-corrected chi connectivity index (χ4v) is 6.25. The second kappa shape index (κ2) is 5.01. The highest BCUT2D eigenvalue weighted by Gasteiger charge is 2.29. The molecule has 0 bridgehead atoms. The van der Waals surface area contributed by atoms with Gasteiger partial charge >= 0.3 is 0 Å². The van der Waals surface area contributed by atoms with E-state index in [1.807, 2.05) is 0 Å². The van der Waals surface area contributed by atoms with E-state index in [9.17, 15) is 0 Å². The Kier molecular flexibility index (Phi) is 3.62. The molecule has 90 valence electrons. The lowest BCUT2D eigenvalue weighted by molar-refractivity contribution is 1.19. The van der Waals surface area contributed by atoms with Crippen LogP contribution in [0.4, 0.5) is 0 Å². The van der Waals surface area contributed by atoms with Gasteiger partial charge in [-0.25, -0.2) is 0 Å². The molecule has 1 aromatic carbocycles. The Morgan fingerprint density at radius 1 is 1.00 bits per heavy atom. The van der Waals surface area contributed by atoms with Gasteiger partial charge in [0.15, 0.2) is 0 Å². The van der Waals surface area contributed by atoms with E-state index in [-0.39, 0.29) is 0 Å². The summed E-state index contributed by atoms with van der Waals surface area (Å²) in [5, 5.41) is 2.82. The lowest BCUT2D eigenvalue weighted by atomic mass is 10.2. The predicted molar refractivity (Wildman–Crippen MR) is 78.6 cm³/mol. The second-order valence-corrected chi connectivity index (χ2v) is 10.0. The molecule has 0 N–H and O–H groups in total. The zero-order valence-electron chi connectivity index (χ0n) is 11.0. The van der Waals surface area contributed by atoms with Gasteiger partial charge < -0.3 is 0 Å². The number of para-hydroxylation sites is 1. The predicted octanol–water partition coefficient (Wildman–Crippen LogP) is 3.95. The third-order valence-electron chi connectivity index (χ3n) is 4.23. The first-order chi connectivity index (χ1) is 8.25. The molecule has 2 aromatic rings. The molecule has 0 atom stereocenters. The molecule has 0 saturated carbocycles. The number of hydrogen-bond acceptors (Lipinski definition) is 1. The normalized spacial score (nSPS) is 11.9.